The monoisotopic (exact) mass is 526 g/mol. The van der Waals surface area contributed by atoms with Crippen LogP contribution in [-0.2, 0) is 23.1 Å². The molecule has 4 N–H and O–H groups in total. The Morgan fingerprint density at radius 1 is 0.971 bits per heavy atom. The van der Waals surface area contributed by atoms with Crippen LogP contribution in [0, 0.1) is 0 Å². The van der Waals surface area contributed by atoms with Crippen molar-refractivity contribution in [1.82, 2.24) is 5.32 Å². The van der Waals surface area contributed by atoms with E-state index in [1.165, 1.54) is 42.5 Å². The largest absolute Gasteiger partial charge is 0.479 e. The van der Waals surface area contributed by atoms with Crippen LogP contribution in [0.5, 0.6) is 0 Å². The van der Waals surface area contributed by atoms with E-state index in [2.05, 4.69) is 10.6 Å². The lowest BCUT2D eigenvalue weighted by Gasteiger charge is -2.18. The SMILES string of the molecule is CC(O)(C(=O)O)c1ccc(CNC(=O)Nc2cc(Cl)c(-c3ccccc3C(F)(F)F)c(Cl)c2)cc1. The molecule has 35 heavy (non-hydrogen) atoms. The Balaban J connectivity index is 1.71. The van der Waals surface area contributed by atoms with E-state index in [1.54, 1.807) is 12.1 Å². The molecule has 184 valence electrons. The van der Waals surface area contributed by atoms with Crippen molar-refractivity contribution in [2.75, 3.05) is 5.32 Å². The minimum Gasteiger partial charge on any atom is -0.479 e. The van der Waals surface area contributed by atoms with E-state index in [9.17, 15) is 27.9 Å². The lowest BCUT2D eigenvalue weighted by molar-refractivity contribution is -0.157. The van der Waals surface area contributed by atoms with Gasteiger partial charge in [-0.2, -0.15) is 13.2 Å². The highest BCUT2D eigenvalue weighted by Crippen LogP contribution is 2.43. The van der Waals surface area contributed by atoms with Gasteiger partial charge in [0.05, 0.1) is 15.6 Å². The zero-order valence-electron chi connectivity index (χ0n) is 18.1. The van der Waals surface area contributed by atoms with Crippen LogP contribution in [0.4, 0.5) is 23.7 Å². The average Bonchev–Trinajstić information content (AvgIpc) is 2.77. The standard InChI is InChI=1S/C24H19Cl2F3N2O4/c1-23(35,21(32)33)14-8-6-13(7-9-14)12-30-22(34)31-15-10-18(25)20(19(26)11-15)16-4-2-3-5-17(16)24(27,28)29/h2-11,35H,12H2,1H3,(H,32,33)(H2,30,31,34). The van der Waals surface area contributed by atoms with Crippen molar-refractivity contribution in [1.29, 1.82) is 0 Å². The number of nitrogens with one attached hydrogen (secondary N) is 2. The van der Waals surface area contributed by atoms with E-state index in [0.29, 0.717) is 5.56 Å². The third-order valence-corrected chi connectivity index (χ3v) is 5.78. The summed E-state index contributed by atoms with van der Waals surface area (Å²) in [7, 11) is 0. The quantitative estimate of drug-likeness (QED) is 0.303. The van der Waals surface area contributed by atoms with Gasteiger partial charge in [0.2, 0.25) is 0 Å². The van der Waals surface area contributed by atoms with Crippen LogP contribution in [-0.4, -0.2) is 22.2 Å². The number of carboxylic acids is 1. The summed E-state index contributed by atoms with van der Waals surface area (Å²) < 4.78 is 40.2. The van der Waals surface area contributed by atoms with Crippen LogP contribution in [0.25, 0.3) is 11.1 Å². The number of carbonyl (C=O) groups is 2. The molecular weight excluding hydrogens is 508 g/mol. The van der Waals surface area contributed by atoms with Crippen LogP contribution in [0.1, 0.15) is 23.6 Å². The van der Waals surface area contributed by atoms with E-state index < -0.39 is 29.3 Å². The fourth-order valence-corrected chi connectivity index (χ4v) is 3.97. The molecule has 0 spiro atoms. The predicted octanol–water partition coefficient (Wildman–Crippen LogP) is 6.29. The Kier molecular flexibility index (Phi) is 7.64. The van der Waals surface area contributed by atoms with Gasteiger partial charge in [0, 0.05) is 17.8 Å². The second-order valence-electron chi connectivity index (χ2n) is 7.74. The zero-order chi connectivity index (χ0) is 26.0. The van der Waals surface area contributed by atoms with Gasteiger partial charge in [0.1, 0.15) is 0 Å². The second-order valence-corrected chi connectivity index (χ2v) is 8.55. The number of carbonyl (C=O) groups excluding carboxylic acids is 1. The molecule has 0 radical (unpaired) electrons. The van der Waals surface area contributed by atoms with E-state index in [-0.39, 0.29) is 39.0 Å². The van der Waals surface area contributed by atoms with Gasteiger partial charge in [0.25, 0.3) is 0 Å². The van der Waals surface area contributed by atoms with Crippen LogP contribution in [0.3, 0.4) is 0 Å². The predicted molar refractivity (Wildman–Crippen MR) is 126 cm³/mol. The van der Waals surface area contributed by atoms with Gasteiger partial charge in [-0.3, -0.25) is 0 Å². The normalized spacial score (nSPS) is 13.1. The van der Waals surface area contributed by atoms with Gasteiger partial charge in [-0.05, 0) is 41.8 Å². The van der Waals surface area contributed by atoms with Gasteiger partial charge >= 0.3 is 18.2 Å². The van der Waals surface area contributed by atoms with Crippen molar-refractivity contribution >= 4 is 40.9 Å². The molecule has 0 fully saturated rings. The fraction of sp³-hybridized carbons (Fsp3) is 0.167. The number of aliphatic hydroxyl groups is 1. The maximum absolute atomic E-state index is 13.4. The molecule has 1 atom stereocenters. The summed E-state index contributed by atoms with van der Waals surface area (Å²) in [6, 6.07) is 12.8. The first-order chi connectivity index (χ1) is 16.3. The third-order valence-electron chi connectivity index (χ3n) is 5.19. The van der Waals surface area contributed by atoms with Crippen molar-refractivity contribution in [3.05, 3.63) is 87.4 Å². The molecular formula is C24H19Cl2F3N2O4. The van der Waals surface area contributed by atoms with Crippen LogP contribution < -0.4 is 10.6 Å². The second kappa shape index (κ2) is 10.2. The molecule has 0 aliphatic carbocycles. The number of anilines is 1. The molecule has 0 aromatic heterocycles. The summed E-state index contributed by atoms with van der Waals surface area (Å²) in [5, 5.41) is 24.0. The Bertz CT molecular complexity index is 1240. The summed E-state index contributed by atoms with van der Waals surface area (Å²) in [5.74, 6) is -1.40. The average molecular weight is 527 g/mol. The third kappa shape index (κ3) is 6.05. The maximum Gasteiger partial charge on any atom is 0.417 e. The molecule has 0 bridgehead atoms. The number of hydrogen-bond acceptors (Lipinski definition) is 3. The summed E-state index contributed by atoms with van der Waals surface area (Å²) in [6.07, 6.45) is -4.61. The lowest BCUT2D eigenvalue weighted by Crippen LogP contribution is -2.32. The number of hydrogen-bond donors (Lipinski definition) is 4. The molecule has 11 heteroatoms. The molecule has 0 heterocycles. The molecule has 6 nitrogen and oxygen atoms in total. The summed E-state index contributed by atoms with van der Waals surface area (Å²) in [5.41, 5.74) is -2.17. The van der Waals surface area contributed by atoms with Crippen molar-refractivity contribution in [3.8, 4) is 11.1 Å². The number of benzene rings is 3. The molecule has 2 amide bonds. The van der Waals surface area contributed by atoms with Gasteiger partial charge in [-0.25, -0.2) is 9.59 Å². The van der Waals surface area contributed by atoms with Crippen molar-refractivity contribution < 1.29 is 33.0 Å². The number of amides is 2. The summed E-state index contributed by atoms with van der Waals surface area (Å²) >= 11 is 12.5. The van der Waals surface area contributed by atoms with E-state index in [1.807, 2.05) is 0 Å². The number of alkyl halides is 3. The molecule has 1 unspecified atom stereocenters. The number of carboxylic acid groups (broad SMARTS) is 1. The van der Waals surface area contributed by atoms with Crippen LogP contribution >= 0.6 is 23.2 Å². The number of halogens is 5. The van der Waals surface area contributed by atoms with E-state index in [4.69, 9.17) is 28.3 Å². The van der Waals surface area contributed by atoms with Crippen molar-refractivity contribution in [2.45, 2.75) is 25.2 Å². The molecule has 3 aromatic carbocycles. The minimum absolute atomic E-state index is 0.00968. The topological polar surface area (TPSA) is 98.7 Å². The van der Waals surface area contributed by atoms with Crippen LogP contribution in [0.15, 0.2) is 60.7 Å². The highest BCUT2D eigenvalue weighted by molar-refractivity contribution is 6.39. The minimum atomic E-state index is -4.61. The fourth-order valence-electron chi connectivity index (χ4n) is 3.28. The highest BCUT2D eigenvalue weighted by Gasteiger charge is 2.34. The van der Waals surface area contributed by atoms with Crippen molar-refractivity contribution in [2.24, 2.45) is 0 Å². The smallest absolute Gasteiger partial charge is 0.417 e. The zero-order valence-corrected chi connectivity index (χ0v) is 19.6. The Hall–Kier alpha value is -3.27. The summed E-state index contributed by atoms with van der Waals surface area (Å²) in [6.45, 7) is 1.22. The molecule has 0 aliphatic rings. The van der Waals surface area contributed by atoms with E-state index >= 15 is 0 Å². The molecule has 3 aromatic rings. The Labute approximate surface area is 208 Å². The van der Waals surface area contributed by atoms with Gasteiger partial charge in [-0.1, -0.05) is 65.7 Å². The van der Waals surface area contributed by atoms with Gasteiger partial charge < -0.3 is 20.8 Å². The first-order valence-electron chi connectivity index (χ1n) is 10.1. The van der Waals surface area contributed by atoms with Gasteiger partial charge in [-0.15, -0.1) is 0 Å². The van der Waals surface area contributed by atoms with E-state index in [0.717, 1.165) is 13.0 Å². The molecule has 0 aliphatic heterocycles. The van der Waals surface area contributed by atoms with Crippen molar-refractivity contribution in [3.63, 3.8) is 0 Å². The molecule has 0 saturated heterocycles. The Morgan fingerprint density at radius 2 is 1.54 bits per heavy atom. The number of rotatable bonds is 6. The first kappa shape index (κ1) is 26.3. The molecule has 0 saturated carbocycles. The van der Waals surface area contributed by atoms with Gasteiger partial charge in [0.15, 0.2) is 5.60 Å². The lowest BCUT2D eigenvalue weighted by atomic mass is 9.95. The Morgan fingerprint density at radius 3 is 2.09 bits per heavy atom. The first-order valence-corrected chi connectivity index (χ1v) is 10.8. The van der Waals surface area contributed by atoms with Crippen LogP contribution in [0.2, 0.25) is 10.0 Å². The number of urea groups is 1. The molecule has 3 rings (SSSR count). The highest BCUT2D eigenvalue weighted by atomic mass is 35.5. The summed E-state index contributed by atoms with van der Waals surface area (Å²) in [4.78, 5) is 23.4. The maximum atomic E-state index is 13.4. The number of aliphatic carboxylic acids is 1.